The number of hydrogen-bond donors (Lipinski definition) is 0. The summed E-state index contributed by atoms with van der Waals surface area (Å²) in [6, 6.07) is 0. The Morgan fingerprint density at radius 1 is 1.04 bits per heavy atom. The van der Waals surface area contributed by atoms with Gasteiger partial charge in [-0.1, -0.05) is 69.7 Å². The zero-order chi connectivity index (χ0) is 19.4. The second kappa shape index (κ2) is 8.97. The van der Waals surface area contributed by atoms with E-state index in [4.69, 9.17) is 0 Å². The molecule has 0 spiro atoms. The molecule has 3 saturated carbocycles. The molecule has 3 rings (SSSR count). The maximum atomic E-state index is 4.31. The summed E-state index contributed by atoms with van der Waals surface area (Å²) >= 11 is 0. The van der Waals surface area contributed by atoms with Crippen molar-refractivity contribution in [1.82, 2.24) is 0 Å². The van der Waals surface area contributed by atoms with Crippen molar-refractivity contribution < 1.29 is 0 Å². The third kappa shape index (κ3) is 4.69. The lowest BCUT2D eigenvalue weighted by Crippen LogP contribution is -2.35. The fourth-order valence-electron chi connectivity index (χ4n) is 6.24. The van der Waals surface area contributed by atoms with Crippen LogP contribution in [-0.4, -0.2) is 0 Å². The van der Waals surface area contributed by atoms with Crippen LogP contribution in [0.1, 0.15) is 91.9 Å². The van der Waals surface area contributed by atoms with Crippen LogP contribution in [0.3, 0.4) is 0 Å². The normalized spacial score (nSPS) is 36.1. The van der Waals surface area contributed by atoms with E-state index in [0.29, 0.717) is 5.41 Å². The molecule has 0 bridgehead atoms. The van der Waals surface area contributed by atoms with Gasteiger partial charge in [-0.3, -0.25) is 0 Å². The van der Waals surface area contributed by atoms with E-state index in [9.17, 15) is 0 Å². The average Bonchev–Trinajstić information content (AvgIpc) is 2.98. The summed E-state index contributed by atoms with van der Waals surface area (Å²) in [7, 11) is 0. The third-order valence-corrected chi connectivity index (χ3v) is 7.85. The minimum absolute atomic E-state index is 0.508. The molecule has 0 saturated heterocycles. The van der Waals surface area contributed by atoms with E-state index in [1.807, 2.05) is 0 Å². The van der Waals surface area contributed by atoms with E-state index in [2.05, 4.69) is 58.6 Å². The lowest BCUT2D eigenvalue weighted by molar-refractivity contribution is 0.112. The molecule has 0 N–H and O–H groups in total. The van der Waals surface area contributed by atoms with Crippen LogP contribution in [0.4, 0.5) is 0 Å². The van der Waals surface area contributed by atoms with Gasteiger partial charge < -0.3 is 0 Å². The van der Waals surface area contributed by atoms with Crippen molar-refractivity contribution in [2.75, 3.05) is 0 Å². The molecule has 150 valence electrons. The van der Waals surface area contributed by atoms with Gasteiger partial charge in [-0.15, -0.1) is 0 Å². The lowest BCUT2D eigenvalue weighted by Gasteiger charge is -2.44. The standard InChI is InChI=1S/C27H42/c1-20(2)10-8-12-22(4)25-17-18-26-24(14-9-19-27(25,26)5)16-15-23-13-7-6-11-21(23)3/h8,12,15-16,20,22,25-26H,3,6-7,9-11,13-14,17-19H2,1-2,4-5H3/b12-8+,23-15-,24-16+/t22?,25?,26?,27-/m1/s1. The molecule has 0 aromatic carbocycles. The van der Waals surface area contributed by atoms with Crippen LogP contribution in [0.2, 0.25) is 0 Å². The van der Waals surface area contributed by atoms with Crippen LogP contribution in [-0.2, 0) is 0 Å². The molecule has 0 radical (unpaired) electrons. The molecule has 3 aliphatic rings. The Balaban J connectivity index is 1.73. The van der Waals surface area contributed by atoms with Crippen molar-refractivity contribution >= 4 is 0 Å². The van der Waals surface area contributed by atoms with Gasteiger partial charge in [0.25, 0.3) is 0 Å². The molecule has 0 aromatic heterocycles. The summed E-state index contributed by atoms with van der Waals surface area (Å²) in [6.45, 7) is 14.0. The van der Waals surface area contributed by atoms with E-state index in [1.165, 1.54) is 75.4 Å². The fraction of sp³-hybridized carbons (Fsp3) is 0.704. The molecule has 0 amide bonds. The van der Waals surface area contributed by atoms with Gasteiger partial charge >= 0.3 is 0 Å². The zero-order valence-electron chi connectivity index (χ0n) is 18.4. The zero-order valence-corrected chi connectivity index (χ0v) is 18.4. The highest BCUT2D eigenvalue weighted by molar-refractivity contribution is 5.35. The summed E-state index contributed by atoms with van der Waals surface area (Å²) in [5.41, 5.74) is 5.18. The van der Waals surface area contributed by atoms with Crippen LogP contribution in [0.15, 0.2) is 47.6 Å². The molecule has 3 unspecified atom stereocenters. The molecule has 0 aliphatic heterocycles. The predicted octanol–water partition coefficient (Wildman–Crippen LogP) is 8.42. The first-order valence-corrected chi connectivity index (χ1v) is 11.7. The van der Waals surface area contributed by atoms with Crippen molar-refractivity contribution in [1.29, 1.82) is 0 Å². The van der Waals surface area contributed by atoms with Gasteiger partial charge in [-0.2, -0.15) is 0 Å². The molecule has 0 heterocycles. The first-order valence-electron chi connectivity index (χ1n) is 11.7. The van der Waals surface area contributed by atoms with Crippen LogP contribution in [0, 0.1) is 29.1 Å². The maximum absolute atomic E-state index is 4.31. The molecule has 0 aromatic rings. The molecule has 3 aliphatic carbocycles. The number of rotatable bonds is 5. The number of fused-ring (bicyclic) bond motifs is 1. The highest BCUT2D eigenvalue weighted by atomic mass is 14.5. The second-order valence-corrected chi connectivity index (χ2v) is 10.3. The SMILES string of the molecule is C=C1CCCC/C1=C/C=C1\CCC[C@@]2(C)C1CCC2C(C)/C=C/CC(C)C. The summed E-state index contributed by atoms with van der Waals surface area (Å²) in [5.74, 6) is 3.15. The first-order chi connectivity index (χ1) is 12.9. The monoisotopic (exact) mass is 366 g/mol. The maximum Gasteiger partial charge on any atom is -0.0143 e. The Kier molecular flexibility index (Phi) is 6.88. The molecule has 0 nitrogen and oxygen atoms in total. The Hall–Kier alpha value is -1.04. The highest BCUT2D eigenvalue weighted by Gasteiger charge is 2.50. The smallest absolute Gasteiger partial charge is 0.0143 e. The van der Waals surface area contributed by atoms with Crippen molar-refractivity contribution in [2.45, 2.75) is 91.9 Å². The van der Waals surface area contributed by atoms with Gasteiger partial charge in [0.05, 0.1) is 0 Å². The van der Waals surface area contributed by atoms with Crippen molar-refractivity contribution in [3.8, 4) is 0 Å². The van der Waals surface area contributed by atoms with Crippen molar-refractivity contribution in [3.05, 3.63) is 47.6 Å². The second-order valence-electron chi connectivity index (χ2n) is 10.3. The topological polar surface area (TPSA) is 0 Å². The van der Waals surface area contributed by atoms with E-state index < -0.39 is 0 Å². The Bertz CT molecular complexity index is 614. The molecule has 0 heteroatoms. The fourth-order valence-corrected chi connectivity index (χ4v) is 6.24. The first kappa shape index (κ1) is 20.7. The van der Waals surface area contributed by atoms with Crippen molar-refractivity contribution in [2.24, 2.45) is 29.1 Å². The third-order valence-electron chi connectivity index (χ3n) is 7.85. The predicted molar refractivity (Wildman–Crippen MR) is 120 cm³/mol. The van der Waals surface area contributed by atoms with Crippen LogP contribution >= 0.6 is 0 Å². The summed E-state index contributed by atoms with van der Waals surface area (Å²) in [6.07, 6.45) is 23.2. The molecule has 3 fully saturated rings. The number of hydrogen-bond acceptors (Lipinski definition) is 0. The Labute approximate surface area is 168 Å². The molecular weight excluding hydrogens is 324 g/mol. The van der Waals surface area contributed by atoms with E-state index >= 15 is 0 Å². The van der Waals surface area contributed by atoms with Gasteiger partial charge in [0, 0.05) is 0 Å². The molecule has 27 heavy (non-hydrogen) atoms. The molecular formula is C27H42. The Morgan fingerprint density at radius 3 is 2.56 bits per heavy atom. The van der Waals surface area contributed by atoms with Gasteiger partial charge in [0.15, 0.2) is 0 Å². The van der Waals surface area contributed by atoms with Gasteiger partial charge in [-0.25, -0.2) is 0 Å². The highest BCUT2D eigenvalue weighted by Crippen LogP contribution is 2.59. The largest absolute Gasteiger partial charge is 0.0956 e. The van der Waals surface area contributed by atoms with Gasteiger partial charge in [-0.05, 0) is 98.9 Å². The summed E-state index contributed by atoms with van der Waals surface area (Å²) < 4.78 is 0. The van der Waals surface area contributed by atoms with E-state index in [1.54, 1.807) is 5.57 Å². The molecule has 4 atom stereocenters. The van der Waals surface area contributed by atoms with Crippen LogP contribution in [0.25, 0.3) is 0 Å². The summed E-state index contributed by atoms with van der Waals surface area (Å²) in [5, 5.41) is 0. The Morgan fingerprint density at radius 2 is 1.81 bits per heavy atom. The lowest BCUT2D eigenvalue weighted by atomic mass is 9.61. The minimum atomic E-state index is 0.508. The van der Waals surface area contributed by atoms with Gasteiger partial charge in [0.1, 0.15) is 0 Å². The van der Waals surface area contributed by atoms with E-state index in [0.717, 1.165) is 23.7 Å². The van der Waals surface area contributed by atoms with E-state index in [-0.39, 0.29) is 0 Å². The quantitative estimate of drug-likeness (QED) is 0.428. The minimum Gasteiger partial charge on any atom is -0.0956 e. The average molecular weight is 367 g/mol. The van der Waals surface area contributed by atoms with Crippen molar-refractivity contribution in [3.63, 3.8) is 0 Å². The summed E-state index contributed by atoms with van der Waals surface area (Å²) in [4.78, 5) is 0. The van der Waals surface area contributed by atoms with Crippen LogP contribution < -0.4 is 0 Å². The number of allylic oxidation sites excluding steroid dienone is 7. The van der Waals surface area contributed by atoms with Gasteiger partial charge in [0.2, 0.25) is 0 Å². The van der Waals surface area contributed by atoms with Crippen LogP contribution in [0.5, 0.6) is 0 Å².